The zero-order valence-electron chi connectivity index (χ0n) is 21.3. The summed E-state index contributed by atoms with van der Waals surface area (Å²) < 4.78 is 0. The van der Waals surface area contributed by atoms with Gasteiger partial charge in [0.2, 0.25) is 0 Å². The number of hydrogen-bond acceptors (Lipinski definition) is 0. The van der Waals surface area contributed by atoms with Crippen molar-refractivity contribution in [3.63, 3.8) is 0 Å². The van der Waals surface area contributed by atoms with Crippen LogP contribution in [0.3, 0.4) is 0 Å². The first kappa shape index (κ1) is 31.2. The largest absolute Gasteiger partial charge is 0.0776 e. The second kappa shape index (κ2) is 11.0. The van der Waals surface area contributed by atoms with Gasteiger partial charge in [0.1, 0.15) is 0 Å². The lowest BCUT2D eigenvalue weighted by Gasteiger charge is -2.42. The standard InChI is InChI=1S/C14H28.C13H26.2CH4/c1-13(2,3)11-8-7-9-12(10-11)14(4,5)6;1-12(2,3)10-7-8-11(9-10)13(4,5)6;;/h11-12H,7-10H2,1-6H3;10-11H,7-9H2,1-6H3;2*1H4. The topological polar surface area (TPSA) is 0 Å². The summed E-state index contributed by atoms with van der Waals surface area (Å²) in [6.07, 6.45) is 10.2. The van der Waals surface area contributed by atoms with E-state index < -0.39 is 0 Å². The van der Waals surface area contributed by atoms with E-state index in [1.165, 1.54) is 44.9 Å². The van der Waals surface area contributed by atoms with E-state index in [4.69, 9.17) is 0 Å². The highest BCUT2D eigenvalue weighted by Gasteiger charge is 2.38. The minimum absolute atomic E-state index is 0. The first-order chi connectivity index (χ1) is 11.9. The van der Waals surface area contributed by atoms with Gasteiger partial charge in [-0.2, -0.15) is 0 Å². The molecule has 2 aliphatic rings. The Balaban J connectivity index is 0. The molecule has 2 saturated carbocycles. The van der Waals surface area contributed by atoms with Crippen molar-refractivity contribution in [2.24, 2.45) is 45.3 Å². The molecule has 4 unspecified atom stereocenters. The van der Waals surface area contributed by atoms with E-state index in [2.05, 4.69) is 83.1 Å². The van der Waals surface area contributed by atoms with E-state index in [-0.39, 0.29) is 14.9 Å². The van der Waals surface area contributed by atoms with Gasteiger partial charge in [0.15, 0.2) is 0 Å². The Morgan fingerprint density at radius 2 is 0.586 bits per heavy atom. The SMILES string of the molecule is C.C.CC(C)(C)C1CCC(C(C)(C)C)C1.CC(C)(C)C1CCCC(C(C)(C)C)C1. The van der Waals surface area contributed by atoms with Crippen LogP contribution in [0.25, 0.3) is 0 Å². The van der Waals surface area contributed by atoms with E-state index >= 15 is 0 Å². The Hall–Kier alpha value is 0. The zero-order chi connectivity index (χ0) is 21.3. The van der Waals surface area contributed by atoms with Gasteiger partial charge in [-0.3, -0.25) is 0 Å². The summed E-state index contributed by atoms with van der Waals surface area (Å²) in [4.78, 5) is 0. The van der Waals surface area contributed by atoms with Gasteiger partial charge in [-0.15, -0.1) is 0 Å². The molecule has 0 heteroatoms. The van der Waals surface area contributed by atoms with Crippen LogP contribution >= 0.6 is 0 Å². The Labute approximate surface area is 188 Å². The molecule has 0 saturated heterocycles. The van der Waals surface area contributed by atoms with Crippen LogP contribution in [0.15, 0.2) is 0 Å². The summed E-state index contributed by atoms with van der Waals surface area (Å²) in [6.45, 7) is 28.8. The maximum atomic E-state index is 2.41. The molecule has 0 heterocycles. The molecule has 178 valence electrons. The normalized spacial score (nSPS) is 28.6. The highest BCUT2D eigenvalue weighted by molar-refractivity contribution is 4.88. The van der Waals surface area contributed by atoms with Crippen molar-refractivity contribution in [2.45, 2.75) is 143 Å². The molecule has 4 atom stereocenters. The average Bonchev–Trinajstić information content (AvgIpc) is 2.96. The lowest BCUT2D eigenvalue weighted by atomic mass is 9.63. The first-order valence-corrected chi connectivity index (χ1v) is 11.9. The highest BCUT2D eigenvalue weighted by atomic mass is 14.4. The molecule has 0 nitrogen and oxygen atoms in total. The van der Waals surface area contributed by atoms with E-state index in [1.54, 1.807) is 0 Å². The molecular formula is C29H62. The van der Waals surface area contributed by atoms with E-state index in [9.17, 15) is 0 Å². The third-order valence-electron chi connectivity index (χ3n) is 8.01. The predicted octanol–water partition coefficient (Wildman–Crippen LogP) is 10.7. The molecule has 0 amide bonds. The molecule has 0 aromatic heterocycles. The second-order valence-corrected chi connectivity index (χ2v) is 14.2. The molecule has 2 fully saturated rings. The first-order valence-electron chi connectivity index (χ1n) is 11.9. The minimum Gasteiger partial charge on any atom is -0.0776 e. The quantitative estimate of drug-likeness (QED) is 0.372. The maximum absolute atomic E-state index is 2.41. The number of rotatable bonds is 0. The molecule has 29 heavy (non-hydrogen) atoms. The summed E-state index contributed by atoms with van der Waals surface area (Å²) in [6, 6.07) is 0. The van der Waals surface area contributed by atoms with Crippen LogP contribution in [0.5, 0.6) is 0 Å². The number of hydrogen-bond donors (Lipinski definition) is 0. The van der Waals surface area contributed by atoms with Gasteiger partial charge in [-0.05, 0) is 83.9 Å². The van der Waals surface area contributed by atoms with Gasteiger partial charge < -0.3 is 0 Å². The Bertz CT molecular complexity index is 389. The molecular weight excluding hydrogens is 348 g/mol. The third kappa shape index (κ3) is 10.2. The minimum atomic E-state index is 0. The van der Waals surface area contributed by atoms with Crippen molar-refractivity contribution >= 4 is 0 Å². The van der Waals surface area contributed by atoms with Gasteiger partial charge in [0, 0.05) is 0 Å². The smallest absolute Gasteiger partial charge is 0.0354 e. The summed E-state index contributed by atoms with van der Waals surface area (Å²) in [5, 5.41) is 0. The fourth-order valence-electron chi connectivity index (χ4n) is 5.32. The molecule has 0 bridgehead atoms. The third-order valence-corrected chi connectivity index (χ3v) is 8.01. The van der Waals surface area contributed by atoms with Crippen molar-refractivity contribution in [3.8, 4) is 0 Å². The molecule has 0 aliphatic heterocycles. The summed E-state index contributed by atoms with van der Waals surface area (Å²) >= 11 is 0. The molecule has 0 aromatic carbocycles. The molecule has 0 spiro atoms. The van der Waals surface area contributed by atoms with Gasteiger partial charge in [-0.25, -0.2) is 0 Å². The molecule has 0 aromatic rings. The van der Waals surface area contributed by atoms with Crippen LogP contribution in [0.2, 0.25) is 0 Å². The van der Waals surface area contributed by atoms with Crippen LogP contribution in [0.4, 0.5) is 0 Å². The van der Waals surface area contributed by atoms with Crippen LogP contribution in [-0.2, 0) is 0 Å². The summed E-state index contributed by atoms with van der Waals surface area (Å²) in [5.41, 5.74) is 2.09. The predicted molar refractivity (Wildman–Crippen MR) is 138 cm³/mol. The lowest BCUT2D eigenvalue weighted by molar-refractivity contribution is 0.0830. The van der Waals surface area contributed by atoms with Gasteiger partial charge in [-0.1, -0.05) is 104 Å². The average molecular weight is 411 g/mol. The Morgan fingerprint density at radius 3 is 0.759 bits per heavy atom. The van der Waals surface area contributed by atoms with E-state index in [0.717, 1.165) is 23.7 Å². The van der Waals surface area contributed by atoms with E-state index in [1.807, 2.05) is 0 Å². The maximum Gasteiger partial charge on any atom is -0.0354 e. The molecule has 0 N–H and O–H groups in total. The van der Waals surface area contributed by atoms with Crippen molar-refractivity contribution in [3.05, 3.63) is 0 Å². The second-order valence-electron chi connectivity index (χ2n) is 14.2. The lowest BCUT2D eigenvalue weighted by Crippen LogP contribution is -2.32. The van der Waals surface area contributed by atoms with Crippen molar-refractivity contribution in [2.75, 3.05) is 0 Å². The summed E-state index contributed by atoms with van der Waals surface area (Å²) in [5.74, 6) is 3.80. The van der Waals surface area contributed by atoms with Crippen molar-refractivity contribution < 1.29 is 0 Å². The molecule has 2 aliphatic carbocycles. The molecule has 0 radical (unpaired) electrons. The van der Waals surface area contributed by atoms with Gasteiger partial charge in [0.05, 0.1) is 0 Å². The van der Waals surface area contributed by atoms with Gasteiger partial charge >= 0.3 is 0 Å². The van der Waals surface area contributed by atoms with Crippen LogP contribution in [0, 0.1) is 45.3 Å². The van der Waals surface area contributed by atoms with Crippen molar-refractivity contribution in [1.29, 1.82) is 0 Å². The van der Waals surface area contributed by atoms with Crippen LogP contribution in [-0.4, -0.2) is 0 Å². The van der Waals surface area contributed by atoms with Crippen LogP contribution < -0.4 is 0 Å². The monoisotopic (exact) mass is 410 g/mol. The van der Waals surface area contributed by atoms with E-state index in [0.29, 0.717) is 21.7 Å². The van der Waals surface area contributed by atoms with Gasteiger partial charge in [0.25, 0.3) is 0 Å². The van der Waals surface area contributed by atoms with Crippen LogP contribution in [0.1, 0.15) is 143 Å². The Kier molecular flexibility index (Phi) is 11.9. The Morgan fingerprint density at radius 1 is 0.379 bits per heavy atom. The summed E-state index contributed by atoms with van der Waals surface area (Å²) in [7, 11) is 0. The molecule has 2 rings (SSSR count). The highest BCUT2D eigenvalue weighted by Crippen LogP contribution is 2.48. The van der Waals surface area contributed by atoms with Crippen molar-refractivity contribution in [1.82, 2.24) is 0 Å². The zero-order valence-corrected chi connectivity index (χ0v) is 21.3. The fourth-order valence-corrected chi connectivity index (χ4v) is 5.32. The fraction of sp³-hybridized carbons (Fsp3) is 1.00.